The number of anilines is 1. The first kappa shape index (κ1) is 11.6. The van der Waals surface area contributed by atoms with E-state index in [1.165, 1.54) is 0 Å². The van der Waals surface area contributed by atoms with Crippen LogP contribution < -0.4 is 10.9 Å². The van der Waals surface area contributed by atoms with Gasteiger partial charge < -0.3 is 10.8 Å². The highest BCUT2D eigenvalue weighted by Crippen LogP contribution is 2.35. The Bertz CT molecular complexity index is 489. The number of aromatic hydroxyl groups is 1. The van der Waals surface area contributed by atoms with Crippen LogP contribution in [0.25, 0.3) is 0 Å². The maximum absolute atomic E-state index is 12.4. The van der Waals surface area contributed by atoms with Gasteiger partial charge in [0, 0.05) is 0 Å². The quantitative estimate of drug-likeness (QED) is 0.668. The van der Waals surface area contributed by atoms with Crippen LogP contribution in [0.4, 0.5) is 14.5 Å². The van der Waals surface area contributed by atoms with Gasteiger partial charge in [-0.1, -0.05) is 0 Å². The van der Waals surface area contributed by atoms with Gasteiger partial charge in [-0.15, -0.1) is 0 Å². The zero-order valence-corrected chi connectivity index (χ0v) is 8.00. The summed E-state index contributed by atoms with van der Waals surface area (Å²) >= 11 is 0. The van der Waals surface area contributed by atoms with Crippen molar-refractivity contribution >= 4 is 15.7 Å². The standard InChI is InChI=1S/C6H7F2N3O3S/c7-5(8)3-2(9)1-11-6(4(3)12)15(10,13)14/h1,5,12H,9H2,(H2,10,13,14). The Morgan fingerprint density at radius 2 is 2.00 bits per heavy atom. The van der Waals surface area contributed by atoms with Gasteiger partial charge in [-0.05, 0) is 0 Å². The Hall–Kier alpha value is -1.48. The van der Waals surface area contributed by atoms with Crippen LogP contribution in [0, 0.1) is 0 Å². The molecule has 1 rings (SSSR count). The minimum Gasteiger partial charge on any atom is -0.504 e. The second kappa shape index (κ2) is 3.59. The first-order valence-electron chi connectivity index (χ1n) is 3.53. The lowest BCUT2D eigenvalue weighted by Gasteiger charge is -2.09. The summed E-state index contributed by atoms with van der Waals surface area (Å²) in [4.78, 5) is 3.17. The first-order valence-corrected chi connectivity index (χ1v) is 5.08. The summed E-state index contributed by atoms with van der Waals surface area (Å²) in [6, 6.07) is 0. The van der Waals surface area contributed by atoms with Crippen LogP contribution in [0.3, 0.4) is 0 Å². The third-order valence-electron chi connectivity index (χ3n) is 1.58. The van der Waals surface area contributed by atoms with Crippen LogP contribution in [0.15, 0.2) is 11.2 Å². The van der Waals surface area contributed by atoms with Gasteiger partial charge in [0.25, 0.3) is 16.4 Å². The molecule has 0 radical (unpaired) electrons. The largest absolute Gasteiger partial charge is 0.504 e. The van der Waals surface area contributed by atoms with E-state index in [1.807, 2.05) is 0 Å². The number of halogens is 2. The van der Waals surface area contributed by atoms with Gasteiger partial charge in [-0.3, -0.25) is 0 Å². The van der Waals surface area contributed by atoms with Crippen LogP contribution in [-0.4, -0.2) is 18.5 Å². The van der Waals surface area contributed by atoms with E-state index >= 15 is 0 Å². The Balaban J connectivity index is 3.56. The van der Waals surface area contributed by atoms with Crippen LogP contribution in [0.1, 0.15) is 12.0 Å². The molecule has 15 heavy (non-hydrogen) atoms. The number of nitrogens with two attached hydrogens (primary N) is 2. The van der Waals surface area contributed by atoms with Gasteiger partial charge in [-0.25, -0.2) is 27.3 Å². The molecule has 0 atom stereocenters. The normalized spacial score (nSPS) is 12.0. The van der Waals surface area contributed by atoms with E-state index in [9.17, 15) is 22.3 Å². The monoisotopic (exact) mass is 239 g/mol. The van der Waals surface area contributed by atoms with Crippen molar-refractivity contribution in [2.75, 3.05) is 5.73 Å². The maximum atomic E-state index is 12.4. The fourth-order valence-corrected chi connectivity index (χ4v) is 1.53. The Labute approximate surface area is 83.6 Å². The molecule has 0 aliphatic carbocycles. The SMILES string of the molecule is Nc1cnc(S(N)(=O)=O)c(O)c1C(F)F. The van der Waals surface area contributed by atoms with E-state index in [-0.39, 0.29) is 0 Å². The average molecular weight is 239 g/mol. The summed E-state index contributed by atoms with van der Waals surface area (Å²) in [7, 11) is -4.36. The first-order chi connectivity index (χ1) is 6.75. The predicted octanol–water partition coefficient (Wildman–Crippen LogP) is -0.0456. The molecule has 9 heteroatoms. The molecule has 0 bridgehead atoms. The highest BCUT2D eigenvalue weighted by atomic mass is 32.2. The highest BCUT2D eigenvalue weighted by molar-refractivity contribution is 7.89. The molecule has 0 aliphatic heterocycles. The summed E-state index contributed by atoms with van der Waals surface area (Å²) in [5, 5.41) is 12.8. The second-order valence-electron chi connectivity index (χ2n) is 2.63. The Morgan fingerprint density at radius 3 is 2.40 bits per heavy atom. The van der Waals surface area contributed by atoms with Crippen molar-refractivity contribution in [1.29, 1.82) is 0 Å². The fraction of sp³-hybridized carbons (Fsp3) is 0.167. The number of hydrogen-bond donors (Lipinski definition) is 3. The van der Waals surface area contributed by atoms with Gasteiger partial charge >= 0.3 is 0 Å². The lowest BCUT2D eigenvalue weighted by atomic mass is 10.2. The smallest absolute Gasteiger partial charge is 0.269 e. The van der Waals surface area contributed by atoms with Crippen molar-refractivity contribution in [2.24, 2.45) is 5.14 Å². The summed E-state index contributed by atoms with van der Waals surface area (Å²) in [5.74, 6) is -1.22. The maximum Gasteiger partial charge on any atom is 0.269 e. The summed E-state index contributed by atoms with van der Waals surface area (Å²) < 4.78 is 46.3. The zero-order valence-electron chi connectivity index (χ0n) is 7.18. The number of sulfonamides is 1. The number of pyridine rings is 1. The van der Waals surface area contributed by atoms with Gasteiger partial charge in [0.1, 0.15) is 0 Å². The molecule has 0 saturated heterocycles. The number of rotatable bonds is 2. The van der Waals surface area contributed by atoms with E-state index in [0.29, 0.717) is 6.20 Å². The number of alkyl halides is 2. The molecule has 0 spiro atoms. The van der Waals surface area contributed by atoms with E-state index in [0.717, 1.165) is 0 Å². The lowest BCUT2D eigenvalue weighted by Crippen LogP contribution is -2.15. The zero-order chi connectivity index (χ0) is 11.8. The van der Waals surface area contributed by atoms with Crippen LogP contribution in [-0.2, 0) is 10.0 Å². The molecule has 0 unspecified atom stereocenters. The molecule has 0 aromatic carbocycles. The molecule has 0 saturated carbocycles. The van der Waals surface area contributed by atoms with Crippen LogP contribution >= 0.6 is 0 Å². The topological polar surface area (TPSA) is 119 Å². The van der Waals surface area contributed by atoms with Crippen molar-refractivity contribution in [1.82, 2.24) is 4.98 Å². The summed E-state index contributed by atoms with van der Waals surface area (Å²) in [6.07, 6.45) is -2.42. The molecule has 6 nitrogen and oxygen atoms in total. The van der Waals surface area contributed by atoms with Crippen molar-refractivity contribution in [3.05, 3.63) is 11.8 Å². The number of hydrogen-bond acceptors (Lipinski definition) is 5. The molecule has 1 heterocycles. The molecular formula is C6H7F2N3O3S. The molecule has 0 amide bonds. The lowest BCUT2D eigenvalue weighted by molar-refractivity contribution is 0.147. The van der Waals surface area contributed by atoms with Gasteiger partial charge in [0.15, 0.2) is 5.75 Å². The number of nitrogens with zero attached hydrogens (tertiary/aromatic N) is 1. The Kier molecular flexibility index (Phi) is 2.77. The summed E-state index contributed by atoms with van der Waals surface area (Å²) in [5.41, 5.74) is 3.60. The van der Waals surface area contributed by atoms with Gasteiger partial charge in [0.2, 0.25) is 5.03 Å². The van der Waals surface area contributed by atoms with Crippen LogP contribution in [0.2, 0.25) is 0 Å². The van der Waals surface area contributed by atoms with Crippen molar-refractivity contribution in [3.63, 3.8) is 0 Å². The fourth-order valence-electron chi connectivity index (χ4n) is 0.948. The van der Waals surface area contributed by atoms with Crippen molar-refractivity contribution in [3.8, 4) is 5.75 Å². The van der Waals surface area contributed by atoms with E-state index in [4.69, 9.17) is 5.73 Å². The van der Waals surface area contributed by atoms with Crippen molar-refractivity contribution < 1.29 is 22.3 Å². The number of nitrogen functional groups attached to an aromatic ring is 1. The second-order valence-corrected chi connectivity index (χ2v) is 4.10. The molecule has 1 aromatic heterocycles. The average Bonchev–Trinajstić information content (AvgIpc) is 2.00. The minimum atomic E-state index is -4.36. The van der Waals surface area contributed by atoms with Gasteiger partial charge in [0.05, 0.1) is 17.4 Å². The molecule has 0 aliphatic rings. The van der Waals surface area contributed by atoms with Gasteiger partial charge in [-0.2, -0.15) is 0 Å². The minimum absolute atomic E-state index is 0.505. The van der Waals surface area contributed by atoms with Crippen LogP contribution in [0.5, 0.6) is 5.75 Å². The molecule has 84 valence electrons. The van der Waals surface area contributed by atoms with E-state index in [1.54, 1.807) is 0 Å². The molecular weight excluding hydrogens is 232 g/mol. The third kappa shape index (κ3) is 2.13. The summed E-state index contributed by atoms with van der Waals surface area (Å²) in [6.45, 7) is 0. The third-order valence-corrected chi connectivity index (χ3v) is 2.42. The molecule has 1 aromatic rings. The Morgan fingerprint density at radius 1 is 1.47 bits per heavy atom. The number of aromatic nitrogens is 1. The van der Waals surface area contributed by atoms with Crippen molar-refractivity contribution in [2.45, 2.75) is 11.5 Å². The number of primary sulfonamides is 1. The van der Waals surface area contributed by atoms with E-state index in [2.05, 4.69) is 10.1 Å². The highest BCUT2D eigenvalue weighted by Gasteiger charge is 2.25. The van der Waals surface area contributed by atoms with E-state index < -0.39 is 38.5 Å². The molecule has 5 N–H and O–H groups in total. The predicted molar refractivity (Wildman–Crippen MR) is 46.6 cm³/mol. The molecule has 0 fully saturated rings.